The quantitative estimate of drug-likeness (QED) is 0.588. The van der Waals surface area contributed by atoms with Gasteiger partial charge in [0.2, 0.25) is 10.0 Å². The summed E-state index contributed by atoms with van der Waals surface area (Å²) in [7, 11) is 1.49. The van der Waals surface area contributed by atoms with E-state index in [4.69, 9.17) is 4.74 Å². The predicted octanol–water partition coefficient (Wildman–Crippen LogP) is 0.861. The first-order valence-electron chi connectivity index (χ1n) is 8.08. The highest BCUT2D eigenvalue weighted by Crippen LogP contribution is 2.35. The molecule has 0 bridgehead atoms. The Bertz CT molecular complexity index is 480. The lowest BCUT2D eigenvalue weighted by molar-refractivity contribution is -0.153. The van der Waals surface area contributed by atoms with Crippen LogP contribution in [0.1, 0.15) is 32.1 Å². The molecule has 0 aromatic carbocycles. The van der Waals surface area contributed by atoms with Gasteiger partial charge in [-0.25, -0.2) is 12.7 Å². The second-order valence-electron chi connectivity index (χ2n) is 6.51. The monoisotopic (exact) mass is 350 g/mol. The summed E-state index contributed by atoms with van der Waals surface area (Å²) in [5.41, 5.74) is -0.725. The fourth-order valence-electron chi connectivity index (χ4n) is 3.11. The molecule has 23 heavy (non-hydrogen) atoms. The van der Waals surface area contributed by atoms with Crippen molar-refractivity contribution in [1.82, 2.24) is 9.21 Å². The summed E-state index contributed by atoms with van der Waals surface area (Å²) in [5.74, 6) is -0.653. The topological polar surface area (TPSA) is 87.1 Å². The maximum Gasteiger partial charge on any atom is 0.310 e. The fourth-order valence-corrected chi connectivity index (χ4v) is 3.97. The Morgan fingerprint density at radius 1 is 1.35 bits per heavy atom. The van der Waals surface area contributed by atoms with Crippen LogP contribution in [0.25, 0.3) is 0 Å². The average Bonchev–Trinajstić information content (AvgIpc) is 2.47. The van der Waals surface area contributed by atoms with E-state index in [0.29, 0.717) is 39.0 Å². The van der Waals surface area contributed by atoms with Crippen molar-refractivity contribution in [3.05, 3.63) is 0 Å². The first kappa shape index (κ1) is 20.3. The lowest BCUT2D eigenvalue weighted by Gasteiger charge is -2.40. The van der Waals surface area contributed by atoms with Crippen molar-refractivity contribution < 1.29 is 23.1 Å². The van der Waals surface area contributed by atoms with Crippen LogP contribution in [-0.4, -0.2) is 81.9 Å². The fraction of sp³-hybridized carbons (Fsp3) is 0.933. The molecule has 1 fully saturated rings. The number of ether oxygens (including phenoxy) is 1. The molecule has 1 rings (SSSR count). The summed E-state index contributed by atoms with van der Waals surface area (Å²) in [6, 6.07) is 0. The second-order valence-corrected chi connectivity index (χ2v) is 8.82. The highest BCUT2D eigenvalue weighted by Gasteiger charge is 2.41. The number of carboxylic acids is 1. The number of nitrogens with zero attached hydrogens (tertiary/aromatic N) is 2. The standard InChI is InChI=1S/C15H30N2O5S/c1-16(2)23(20,21)12-6-10-17-9-4-7-15(13-17,14(18)19)8-5-11-22-3/h4-13H2,1-3H3,(H,18,19)/t15-/m0/s1. The average molecular weight is 350 g/mol. The van der Waals surface area contributed by atoms with Gasteiger partial charge < -0.3 is 14.7 Å². The molecule has 0 aromatic rings. The van der Waals surface area contributed by atoms with Crippen molar-refractivity contribution in [3.63, 3.8) is 0 Å². The van der Waals surface area contributed by atoms with Gasteiger partial charge in [0.15, 0.2) is 0 Å². The summed E-state index contributed by atoms with van der Waals surface area (Å²) in [6.07, 6.45) is 3.36. The van der Waals surface area contributed by atoms with E-state index in [1.165, 1.54) is 18.4 Å². The first-order chi connectivity index (χ1) is 10.7. The lowest BCUT2D eigenvalue weighted by Crippen LogP contribution is -2.48. The predicted molar refractivity (Wildman–Crippen MR) is 88.9 cm³/mol. The summed E-state index contributed by atoms with van der Waals surface area (Å²) in [4.78, 5) is 13.9. The van der Waals surface area contributed by atoms with Crippen molar-refractivity contribution in [2.75, 3.05) is 53.2 Å². The van der Waals surface area contributed by atoms with E-state index in [-0.39, 0.29) is 5.75 Å². The van der Waals surface area contributed by atoms with E-state index in [2.05, 4.69) is 4.90 Å². The largest absolute Gasteiger partial charge is 0.481 e. The van der Waals surface area contributed by atoms with Crippen LogP contribution >= 0.6 is 0 Å². The number of hydrogen-bond donors (Lipinski definition) is 1. The Morgan fingerprint density at radius 2 is 2.04 bits per heavy atom. The SMILES string of the molecule is COCCC[C@@]1(C(=O)O)CCCN(CCCS(=O)(=O)N(C)C)C1. The number of sulfonamides is 1. The van der Waals surface area contributed by atoms with Crippen molar-refractivity contribution >= 4 is 16.0 Å². The van der Waals surface area contributed by atoms with Crippen molar-refractivity contribution in [3.8, 4) is 0 Å². The number of hydrogen-bond acceptors (Lipinski definition) is 5. The molecule has 0 spiro atoms. The molecule has 0 aliphatic carbocycles. The van der Waals surface area contributed by atoms with Gasteiger partial charge in [-0.3, -0.25) is 4.79 Å². The molecule has 0 saturated carbocycles. The summed E-state index contributed by atoms with van der Waals surface area (Å²) < 4.78 is 29.8. The molecular formula is C15H30N2O5S. The molecule has 0 unspecified atom stereocenters. The second kappa shape index (κ2) is 8.96. The number of aliphatic carboxylic acids is 1. The van der Waals surface area contributed by atoms with E-state index >= 15 is 0 Å². The number of rotatable bonds is 10. The molecule has 1 N–H and O–H groups in total. The summed E-state index contributed by atoms with van der Waals surface area (Å²) in [6.45, 7) is 2.51. The van der Waals surface area contributed by atoms with Crippen LogP contribution in [0.5, 0.6) is 0 Å². The minimum Gasteiger partial charge on any atom is -0.481 e. The molecule has 1 aliphatic heterocycles. The van der Waals surface area contributed by atoms with E-state index in [0.717, 1.165) is 19.4 Å². The van der Waals surface area contributed by atoms with E-state index in [9.17, 15) is 18.3 Å². The first-order valence-corrected chi connectivity index (χ1v) is 9.69. The smallest absolute Gasteiger partial charge is 0.310 e. The number of piperidine rings is 1. The van der Waals surface area contributed by atoms with E-state index in [1.807, 2.05) is 0 Å². The number of methoxy groups -OCH3 is 1. The van der Waals surface area contributed by atoms with Gasteiger partial charge in [-0.15, -0.1) is 0 Å². The van der Waals surface area contributed by atoms with Crippen LogP contribution in [0, 0.1) is 5.41 Å². The zero-order valence-electron chi connectivity index (χ0n) is 14.5. The Labute approximate surface area is 139 Å². The Morgan fingerprint density at radius 3 is 2.61 bits per heavy atom. The molecule has 0 radical (unpaired) electrons. The number of carbonyl (C=O) groups is 1. The molecule has 1 saturated heterocycles. The van der Waals surface area contributed by atoms with Crippen molar-refractivity contribution in [2.45, 2.75) is 32.1 Å². The van der Waals surface area contributed by atoms with Crippen LogP contribution in [0.15, 0.2) is 0 Å². The molecule has 0 amide bonds. The zero-order valence-corrected chi connectivity index (χ0v) is 15.3. The zero-order chi connectivity index (χ0) is 17.5. The van der Waals surface area contributed by atoms with Gasteiger partial charge in [0.05, 0.1) is 11.2 Å². The Balaban J connectivity index is 2.56. The van der Waals surface area contributed by atoms with Gasteiger partial charge >= 0.3 is 5.97 Å². The van der Waals surface area contributed by atoms with Gasteiger partial charge in [0, 0.05) is 34.4 Å². The van der Waals surface area contributed by atoms with Crippen molar-refractivity contribution in [1.29, 1.82) is 0 Å². The van der Waals surface area contributed by atoms with Crippen molar-refractivity contribution in [2.24, 2.45) is 5.41 Å². The van der Waals surface area contributed by atoms with Crippen LogP contribution < -0.4 is 0 Å². The minimum atomic E-state index is -3.19. The van der Waals surface area contributed by atoms with E-state index < -0.39 is 21.4 Å². The Hall–Kier alpha value is -0.700. The molecule has 1 heterocycles. The summed E-state index contributed by atoms with van der Waals surface area (Å²) in [5, 5.41) is 9.66. The lowest BCUT2D eigenvalue weighted by atomic mass is 9.76. The molecule has 1 atom stereocenters. The third-order valence-corrected chi connectivity index (χ3v) is 6.46. The molecular weight excluding hydrogens is 320 g/mol. The van der Waals surface area contributed by atoms with Gasteiger partial charge in [0.25, 0.3) is 0 Å². The molecule has 8 heteroatoms. The van der Waals surface area contributed by atoms with Crippen LogP contribution in [0.3, 0.4) is 0 Å². The molecule has 1 aliphatic rings. The van der Waals surface area contributed by atoms with Gasteiger partial charge in [-0.1, -0.05) is 0 Å². The minimum absolute atomic E-state index is 0.0975. The number of likely N-dealkylation sites (tertiary alicyclic amines) is 1. The maximum absolute atomic E-state index is 11.8. The van der Waals surface area contributed by atoms with E-state index in [1.54, 1.807) is 7.11 Å². The normalized spacial score (nSPS) is 23.3. The maximum atomic E-state index is 11.8. The highest BCUT2D eigenvalue weighted by atomic mass is 32.2. The summed E-state index contributed by atoms with van der Waals surface area (Å²) >= 11 is 0. The van der Waals surface area contributed by atoms with Crippen LogP contribution in [0.2, 0.25) is 0 Å². The molecule has 0 aromatic heterocycles. The van der Waals surface area contributed by atoms with Crippen LogP contribution in [0.4, 0.5) is 0 Å². The number of carboxylic acid groups (broad SMARTS) is 1. The third kappa shape index (κ3) is 6.02. The van der Waals surface area contributed by atoms with Crippen LogP contribution in [-0.2, 0) is 19.6 Å². The van der Waals surface area contributed by atoms with Gasteiger partial charge in [-0.05, 0) is 45.2 Å². The molecule has 136 valence electrons. The highest BCUT2D eigenvalue weighted by molar-refractivity contribution is 7.89. The van der Waals surface area contributed by atoms with Gasteiger partial charge in [-0.2, -0.15) is 0 Å². The third-order valence-electron chi connectivity index (χ3n) is 4.55. The van der Waals surface area contributed by atoms with Gasteiger partial charge in [0.1, 0.15) is 0 Å². The molecule has 7 nitrogen and oxygen atoms in total. The Kier molecular flexibility index (Phi) is 7.93.